The monoisotopic (exact) mass is 372 g/mol. The van der Waals surface area contributed by atoms with Crippen LogP contribution in [0.25, 0.3) is 11.0 Å². The number of carbonyl (C=O) groups is 1. The summed E-state index contributed by atoms with van der Waals surface area (Å²) in [4.78, 5) is 23.2. The topological polar surface area (TPSA) is 80.5 Å². The lowest BCUT2D eigenvalue weighted by atomic mass is 10.2. The largest absolute Gasteiger partial charge is 0.472 e. The van der Waals surface area contributed by atoms with Crippen molar-refractivity contribution in [2.45, 2.75) is 39.0 Å². The molecule has 0 aliphatic carbocycles. The summed E-state index contributed by atoms with van der Waals surface area (Å²) in [5.74, 6) is 0.524. The van der Waals surface area contributed by atoms with Crippen LogP contribution >= 0.6 is 11.3 Å². The van der Waals surface area contributed by atoms with Crippen LogP contribution in [0.2, 0.25) is 0 Å². The Bertz CT molecular complexity index is 922. The zero-order chi connectivity index (χ0) is 18.1. The highest BCUT2D eigenvalue weighted by Gasteiger charge is 2.31. The summed E-state index contributed by atoms with van der Waals surface area (Å²) in [6, 6.07) is 4.12. The first-order valence-corrected chi connectivity index (χ1v) is 9.35. The molecule has 1 aliphatic heterocycles. The van der Waals surface area contributed by atoms with E-state index in [1.807, 2.05) is 18.3 Å². The second kappa shape index (κ2) is 7.05. The summed E-state index contributed by atoms with van der Waals surface area (Å²) in [5, 5.41) is 4.27. The fourth-order valence-electron chi connectivity index (χ4n) is 3.26. The lowest BCUT2D eigenvalue weighted by molar-refractivity contribution is -0.114. The van der Waals surface area contributed by atoms with Gasteiger partial charge in [0, 0.05) is 49.7 Å². The SMILES string of the molecule is CC(=O)Nc1ncc(CN2C[C@H](Oc3nccc4occc34)C[C@@H]2C)s1. The molecule has 0 aromatic carbocycles. The summed E-state index contributed by atoms with van der Waals surface area (Å²) in [7, 11) is 0. The number of furan rings is 1. The molecule has 3 aromatic heterocycles. The highest BCUT2D eigenvalue weighted by atomic mass is 32.1. The van der Waals surface area contributed by atoms with Crippen molar-refractivity contribution >= 4 is 33.3 Å². The quantitative estimate of drug-likeness (QED) is 0.740. The normalized spacial score (nSPS) is 20.5. The number of hydrogen-bond donors (Lipinski definition) is 1. The van der Waals surface area contributed by atoms with Gasteiger partial charge in [0.25, 0.3) is 0 Å². The van der Waals surface area contributed by atoms with Gasteiger partial charge in [-0.3, -0.25) is 9.69 Å². The molecule has 7 nitrogen and oxygen atoms in total. The van der Waals surface area contributed by atoms with Crippen molar-refractivity contribution in [1.82, 2.24) is 14.9 Å². The predicted octanol–water partition coefficient (Wildman–Crippen LogP) is 3.28. The van der Waals surface area contributed by atoms with Crippen molar-refractivity contribution in [3.8, 4) is 5.88 Å². The van der Waals surface area contributed by atoms with Crippen molar-refractivity contribution in [2.24, 2.45) is 0 Å². The molecule has 0 radical (unpaired) electrons. The standard InChI is InChI=1S/C18H20N4O3S/c1-11-7-13(25-17-15-4-6-24-16(15)3-5-19-17)9-22(11)10-14-8-20-18(26-14)21-12(2)23/h3-6,8,11,13H,7,9-10H2,1-2H3,(H,20,21,23)/t11-,13+/m0/s1. The van der Waals surface area contributed by atoms with Gasteiger partial charge in [-0.2, -0.15) is 0 Å². The molecule has 0 unspecified atom stereocenters. The molecule has 4 rings (SSSR count). The van der Waals surface area contributed by atoms with E-state index in [1.165, 1.54) is 18.3 Å². The summed E-state index contributed by atoms with van der Waals surface area (Å²) in [6.07, 6.45) is 6.20. The number of anilines is 1. The van der Waals surface area contributed by atoms with Gasteiger partial charge in [-0.1, -0.05) is 0 Å². The molecule has 0 bridgehead atoms. The number of hydrogen-bond acceptors (Lipinski definition) is 7. The maximum Gasteiger partial charge on any atom is 0.224 e. The molecule has 1 saturated heterocycles. The first-order chi connectivity index (χ1) is 12.6. The highest BCUT2D eigenvalue weighted by Crippen LogP contribution is 2.29. The molecule has 1 aliphatic rings. The van der Waals surface area contributed by atoms with Crippen LogP contribution in [-0.4, -0.2) is 39.5 Å². The van der Waals surface area contributed by atoms with E-state index in [-0.39, 0.29) is 12.0 Å². The Hall–Kier alpha value is -2.45. The van der Waals surface area contributed by atoms with Crippen LogP contribution < -0.4 is 10.1 Å². The molecule has 4 heterocycles. The highest BCUT2D eigenvalue weighted by molar-refractivity contribution is 7.15. The summed E-state index contributed by atoms with van der Waals surface area (Å²) < 4.78 is 11.6. The zero-order valence-corrected chi connectivity index (χ0v) is 15.5. The van der Waals surface area contributed by atoms with Gasteiger partial charge in [0.2, 0.25) is 11.8 Å². The maximum atomic E-state index is 11.1. The van der Waals surface area contributed by atoms with E-state index in [0.717, 1.165) is 35.4 Å². The average molecular weight is 372 g/mol. The zero-order valence-electron chi connectivity index (χ0n) is 14.6. The number of nitrogens with zero attached hydrogens (tertiary/aromatic N) is 3. The first-order valence-electron chi connectivity index (χ1n) is 8.53. The molecular formula is C18H20N4O3S. The van der Waals surface area contributed by atoms with Crippen LogP contribution in [0.15, 0.2) is 35.2 Å². The van der Waals surface area contributed by atoms with E-state index < -0.39 is 0 Å². The van der Waals surface area contributed by atoms with E-state index in [1.54, 1.807) is 12.5 Å². The Morgan fingerprint density at radius 2 is 2.35 bits per heavy atom. The molecule has 0 saturated carbocycles. The van der Waals surface area contributed by atoms with Crippen LogP contribution in [0.1, 0.15) is 25.1 Å². The van der Waals surface area contributed by atoms with Gasteiger partial charge in [-0.25, -0.2) is 9.97 Å². The van der Waals surface area contributed by atoms with Crippen molar-refractivity contribution in [1.29, 1.82) is 0 Å². The Morgan fingerprint density at radius 1 is 1.46 bits per heavy atom. The van der Waals surface area contributed by atoms with Crippen molar-refractivity contribution in [3.05, 3.63) is 35.7 Å². The van der Waals surface area contributed by atoms with Gasteiger partial charge in [-0.05, 0) is 19.1 Å². The molecule has 1 fully saturated rings. The Morgan fingerprint density at radius 3 is 3.19 bits per heavy atom. The van der Waals surface area contributed by atoms with Gasteiger partial charge in [0.1, 0.15) is 11.7 Å². The fraction of sp³-hybridized carbons (Fsp3) is 0.389. The number of ether oxygens (including phenoxy) is 1. The number of aromatic nitrogens is 2. The lowest BCUT2D eigenvalue weighted by Gasteiger charge is -2.19. The van der Waals surface area contributed by atoms with Crippen molar-refractivity contribution in [3.63, 3.8) is 0 Å². The van der Waals surface area contributed by atoms with Crippen LogP contribution in [-0.2, 0) is 11.3 Å². The third kappa shape index (κ3) is 3.56. The summed E-state index contributed by atoms with van der Waals surface area (Å²) in [5.41, 5.74) is 0.785. The molecular weight excluding hydrogens is 352 g/mol. The molecule has 1 amide bonds. The fourth-order valence-corrected chi connectivity index (χ4v) is 4.15. The molecule has 8 heteroatoms. The van der Waals surface area contributed by atoms with Gasteiger partial charge < -0.3 is 14.5 Å². The maximum absolute atomic E-state index is 11.1. The van der Waals surface area contributed by atoms with Gasteiger partial charge in [0.05, 0.1) is 11.6 Å². The number of rotatable bonds is 5. The number of thiazole rings is 1. The summed E-state index contributed by atoms with van der Waals surface area (Å²) >= 11 is 1.51. The number of likely N-dealkylation sites (tertiary alicyclic amines) is 1. The first kappa shape index (κ1) is 17.0. The molecule has 136 valence electrons. The average Bonchev–Trinajstić information content (AvgIpc) is 3.29. The molecule has 1 N–H and O–H groups in total. The molecule has 0 spiro atoms. The Kier molecular flexibility index (Phi) is 4.60. The third-order valence-corrected chi connectivity index (χ3v) is 5.38. The summed E-state index contributed by atoms with van der Waals surface area (Å²) in [6.45, 7) is 5.30. The van der Waals surface area contributed by atoms with E-state index in [2.05, 4.69) is 27.1 Å². The van der Waals surface area contributed by atoms with Crippen LogP contribution in [0.3, 0.4) is 0 Å². The number of nitrogens with one attached hydrogen (secondary N) is 1. The van der Waals surface area contributed by atoms with Gasteiger partial charge >= 0.3 is 0 Å². The van der Waals surface area contributed by atoms with E-state index >= 15 is 0 Å². The smallest absolute Gasteiger partial charge is 0.224 e. The van der Waals surface area contributed by atoms with E-state index in [0.29, 0.717) is 17.1 Å². The molecule has 3 aromatic rings. The molecule has 2 atom stereocenters. The van der Waals surface area contributed by atoms with Crippen LogP contribution in [0.4, 0.5) is 5.13 Å². The minimum absolute atomic E-state index is 0.0840. The van der Waals surface area contributed by atoms with Crippen molar-refractivity contribution in [2.75, 3.05) is 11.9 Å². The minimum Gasteiger partial charge on any atom is -0.472 e. The molecule has 26 heavy (non-hydrogen) atoms. The van der Waals surface area contributed by atoms with Crippen LogP contribution in [0.5, 0.6) is 5.88 Å². The second-order valence-corrected chi connectivity index (χ2v) is 7.63. The third-order valence-electron chi connectivity index (χ3n) is 4.48. The van der Waals surface area contributed by atoms with Gasteiger partial charge in [0.15, 0.2) is 5.13 Å². The minimum atomic E-state index is -0.102. The Balaban J connectivity index is 1.40. The van der Waals surface area contributed by atoms with Crippen LogP contribution in [0, 0.1) is 0 Å². The number of pyridine rings is 1. The predicted molar refractivity (Wildman–Crippen MR) is 99.3 cm³/mol. The van der Waals surface area contributed by atoms with Gasteiger partial charge in [-0.15, -0.1) is 11.3 Å². The number of carbonyl (C=O) groups excluding carboxylic acids is 1. The van der Waals surface area contributed by atoms with Crippen molar-refractivity contribution < 1.29 is 13.9 Å². The van der Waals surface area contributed by atoms with E-state index in [4.69, 9.17) is 9.15 Å². The lowest BCUT2D eigenvalue weighted by Crippen LogP contribution is -2.27. The second-order valence-electron chi connectivity index (χ2n) is 6.52. The number of fused-ring (bicyclic) bond motifs is 1. The number of amides is 1. The Labute approximate surface area is 155 Å². The van der Waals surface area contributed by atoms with E-state index in [9.17, 15) is 4.79 Å².